The predicted octanol–water partition coefficient (Wildman–Crippen LogP) is 1.92. The third-order valence-electron chi connectivity index (χ3n) is 4.96. The number of hydrogen-bond donors (Lipinski definition) is 0. The van der Waals surface area contributed by atoms with E-state index in [1.165, 1.54) is 15.1 Å². The van der Waals surface area contributed by atoms with Crippen LogP contribution < -0.4 is 15.0 Å². The largest absolute Gasteiger partial charge is 0.493 e. The van der Waals surface area contributed by atoms with E-state index in [9.17, 15) is 13.2 Å². The molecule has 0 atom stereocenters. The van der Waals surface area contributed by atoms with Crippen LogP contribution in [0.2, 0.25) is 0 Å². The highest BCUT2D eigenvalue weighted by Gasteiger charge is 2.19. The number of sulfonamides is 1. The zero-order valence-electron chi connectivity index (χ0n) is 17.2. The highest BCUT2D eigenvalue weighted by Crippen LogP contribution is 2.27. The molecule has 160 valence electrons. The molecule has 1 aromatic heterocycles. The molecule has 9 heteroatoms. The number of hydrogen-bond acceptors (Lipinski definition) is 6. The summed E-state index contributed by atoms with van der Waals surface area (Å²) in [7, 11) is 1.12. The van der Waals surface area contributed by atoms with Gasteiger partial charge in [0.05, 0.1) is 37.2 Å². The maximum atomic E-state index is 12.7. The first-order valence-corrected chi connectivity index (χ1v) is 11.1. The SMILES string of the molecule is COc1ccc(CCN(C)S(=O)(=O)CCn2c(=O)cnc3ccccc32)cc1OC. The normalized spacial score (nSPS) is 11.7. The van der Waals surface area contributed by atoms with E-state index >= 15 is 0 Å². The van der Waals surface area contributed by atoms with Crippen LogP contribution in [-0.2, 0) is 23.0 Å². The molecule has 0 radical (unpaired) electrons. The molecular weight excluding hydrogens is 406 g/mol. The van der Waals surface area contributed by atoms with E-state index in [1.54, 1.807) is 45.5 Å². The quantitative estimate of drug-likeness (QED) is 0.514. The minimum atomic E-state index is -3.55. The van der Waals surface area contributed by atoms with Gasteiger partial charge >= 0.3 is 0 Å². The molecule has 8 nitrogen and oxygen atoms in total. The van der Waals surface area contributed by atoms with Gasteiger partial charge in [0.2, 0.25) is 10.0 Å². The first-order chi connectivity index (χ1) is 14.4. The second-order valence-corrected chi connectivity index (χ2v) is 9.01. The molecule has 0 unspecified atom stereocenters. The summed E-state index contributed by atoms with van der Waals surface area (Å²) < 4.78 is 38.8. The Kier molecular flexibility index (Phi) is 6.73. The van der Waals surface area contributed by atoms with E-state index in [0.29, 0.717) is 35.5 Å². The van der Waals surface area contributed by atoms with Crippen LogP contribution in [0.1, 0.15) is 5.56 Å². The monoisotopic (exact) mass is 431 g/mol. The summed E-state index contributed by atoms with van der Waals surface area (Å²) in [5.74, 6) is 1.05. The summed E-state index contributed by atoms with van der Waals surface area (Å²) in [6.07, 6.45) is 1.74. The van der Waals surface area contributed by atoms with Gasteiger partial charge in [-0.15, -0.1) is 0 Å². The number of nitrogens with zero attached hydrogens (tertiary/aromatic N) is 3. The Labute approximate surface area is 175 Å². The molecule has 0 amide bonds. The molecule has 0 saturated carbocycles. The molecule has 0 spiro atoms. The lowest BCUT2D eigenvalue weighted by Gasteiger charge is -2.18. The zero-order chi connectivity index (χ0) is 21.7. The van der Waals surface area contributed by atoms with Gasteiger partial charge in [-0.25, -0.2) is 17.7 Å². The van der Waals surface area contributed by atoms with E-state index in [0.717, 1.165) is 5.56 Å². The van der Waals surface area contributed by atoms with E-state index < -0.39 is 10.0 Å². The van der Waals surface area contributed by atoms with Crippen molar-refractivity contribution < 1.29 is 17.9 Å². The standard InChI is InChI=1S/C21H25N3O5S/c1-23(11-10-16-8-9-19(28-2)20(14-16)29-3)30(26,27)13-12-24-18-7-5-4-6-17(18)22-15-21(24)25/h4-9,14-15H,10-13H2,1-3H3. The summed E-state index contributed by atoms with van der Waals surface area (Å²) in [6.45, 7) is 0.370. The number of aromatic nitrogens is 2. The lowest BCUT2D eigenvalue weighted by Crippen LogP contribution is -2.34. The van der Waals surface area contributed by atoms with Crippen LogP contribution >= 0.6 is 0 Å². The van der Waals surface area contributed by atoms with Gasteiger partial charge in [0.15, 0.2) is 11.5 Å². The van der Waals surface area contributed by atoms with Gasteiger partial charge in [-0.2, -0.15) is 0 Å². The molecule has 0 saturated heterocycles. The van der Waals surface area contributed by atoms with Crippen LogP contribution in [-0.4, -0.2) is 55.8 Å². The van der Waals surface area contributed by atoms with Crippen molar-refractivity contribution >= 4 is 21.1 Å². The van der Waals surface area contributed by atoms with Crippen molar-refractivity contribution in [1.29, 1.82) is 0 Å². The van der Waals surface area contributed by atoms with Gasteiger partial charge < -0.3 is 14.0 Å². The molecule has 0 N–H and O–H groups in total. The number of aryl methyl sites for hydroxylation is 1. The van der Waals surface area contributed by atoms with Crippen LogP contribution in [0.4, 0.5) is 0 Å². The summed E-state index contributed by atoms with van der Waals surface area (Å²) >= 11 is 0. The third kappa shape index (κ3) is 4.80. The number of likely N-dealkylation sites (N-methyl/N-ethyl adjacent to an activating group) is 1. The lowest BCUT2D eigenvalue weighted by molar-refractivity contribution is 0.354. The van der Waals surface area contributed by atoms with Gasteiger partial charge in [-0.05, 0) is 36.2 Å². The average Bonchev–Trinajstić information content (AvgIpc) is 2.76. The number of benzene rings is 2. The fourth-order valence-electron chi connectivity index (χ4n) is 3.17. The van der Waals surface area contributed by atoms with Crippen LogP contribution in [0.5, 0.6) is 11.5 Å². The van der Waals surface area contributed by atoms with Gasteiger partial charge in [0.25, 0.3) is 5.56 Å². The van der Waals surface area contributed by atoms with E-state index in [4.69, 9.17) is 9.47 Å². The predicted molar refractivity (Wildman–Crippen MR) is 116 cm³/mol. The molecule has 0 aliphatic rings. The maximum absolute atomic E-state index is 12.7. The minimum absolute atomic E-state index is 0.0604. The number of para-hydroxylation sites is 2. The molecule has 0 bridgehead atoms. The van der Waals surface area contributed by atoms with E-state index in [-0.39, 0.29) is 17.9 Å². The third-order valence-corrected chi connectivity index (χ3v) is 6.79. The lowest BCUT2D eigenvalue weighted by atomic mass is 10.1. The summed E-state index contributed by atoms with van der Waals surface area (Å²) in [5.41, 5.74) is 1.88. The molecule has 0 aliphatic carbocycles. The first kappa shape index (κ1) is 21.8. The Morgan fingerprint density at radius 1 is 1.07 bits per heavy atom. The number of ether oxygens (including phenoxy) is 2. The summed E-state index contributed by atoms with van der Waals surface area (Å²) in [6, 6.07) is 12.7. The molecule has 0 fully saturated rings. The van der Waals surface area contributed by atoms with Crippen LogP contribution in [0.25, 0.3) is 11.0 Å². The fourth-order valence-corrected chi connectivity index (χ4v) is 4.26. The maximum Gasteiger partial charge on any atom is 0.269 e. The highest BCUT2D eigenvalue weighted by molar-refractivity contribution is 7.89. The zero-order valence-corrected chi connectivity index (χ0v) is 18.1. The van der Waals surface area contributed by atoms with Gasteiger partial charge in [0.1, 0.15) is 0 Å². The fraction of sp³-hybridized carbons (Fsp3) is 0.333. The first-order valence-electron chi connectivity index (χ1n) is 9.45. The van der Waals surface area contributed by atoms with Crippen LogP contribution in [0, 0.1) is 0 Å². The van der Waals surface area contributed by atoms with E-state index in [2.05, 4.69) is 4.98 Å². The van der Waals surface area contributed by atoms with Crippen molar-refractivity contribution in [2.24, 2.45) is 0 Å². The van der Waals surface area contributed by atoms with Gasteiger partial charge in [-0.1, -0.05) is 18.2 Å². The molecule has 0 aliphatic heterocycles. The molecule has 1 heterocycles. The summed E-state index contributed by atoms with van der Waals surface area (Å²) in [4.78, 5) is 16.3. The van der Waals surface area contributed by atoms with Crippen molar-refractivity contribution in [3.8, 4) is 11.5 Å². The van der Waals surface area contributed by atoms with Crippen molar-refractivity contribution in [3.63, 3.8) is 0 Å². The topological polar surface area (TPSA) is 90.7 Å². The molecule has 3 rings (SSSR count). The van der Waals surface area contributed by atoms with Crippen molar-refractivity contribution in [2.75, 3.05) is 33.6 Å². The number of rotatable bonds is 9. The molecular formula is C21H25N3O5S. The van der Waals surface area contributed by atoms with Crippen molar-refractivity contribution in [1.82, 2.24) is 13.9 Å². The molecule has 30 heavy (non-hydrogen) atoms. The second-order valence-electron chi connectivity index (χ2n) is 6.81. The highest BCUT2D eigenvalue weighted by atomic mass is 32.2. The average molecular weight is 432 g/mol. The Morgan fingerprint density at radius 2 is 1.80 bits per heavy atom. The van der Waals surface area contributed by atoms with Gasteiger partial charge in [-0.3, -0.25) is 4.79 Å². The second kappa shape index (κ2) is 9.27. The molecule has 3 aromatic rings. The summed E-state index contributed by atoms with van der Waals surface area (Å²) in [5, 5.41) is 0. The van der Waals surface area contributed by atoms with Gasteiger partial charge in [0, 0.05) is 20.1 Å². The Hall–Kier alpha value is -2.91. The van der Waals surface area contributed by atoms with Crippen molar-refractivity contribution in [3.05, 3.63) is 64.6 Å². The number of methoxy groups -OCH3 is 2. The minimum Gasteiger partial charge on any atom is -0.493 e. The Balaban J connectivity index is 1.68. The van der Waals surface area contributed by atoms with Crippen molar-refractivity contribution in [2.45, 2.75) is 13.0 Å². The smallest absolute Gasteiger partial charge is 0.269 e. The van der Waals surface area contributed by atoms with Crippen LogP contribution in [0.15, 0.2) is 53.5 Å². The van der Waals surface area contributed by atoms with E-state index in [1.807, 2.05) is 18.2 Å². The number of fused-ring (bicyclic) bond motifs is 1. The Bertz CT molecular complexity index is 1190. The molecule has 2 aromatic carbocycles. The van der Waals surface area contributed by atoms with Crippen LogP contribution in [0.3, 0.4) is 0 Å². The Morgan fingerprint density at radius 3 is 2.53 bits per heavy atom.